The van der Waals surface area contributed by atoms with Crippen molar-refractivity contribution >= 4 is 17.7 Å². The highest BCUT2D eigenvalue weighted by Crippen LogP contribution is 2.38. The molecule has 1 fully saturated rings. The fourth-order valence-electron chi connectivity index (χ4n) is 2.17. The first kappa shape index (κ1) is 10.8. The van der Waals surface area contributed by atoms with Gasteiger partial charge in [-0.3, -0.25) is 4.79 Å². The normalized spacial score (nSPS) is 20.8. The Hall–Kier alpha value is -0.700. The SMILES string of the molecule is C=CCCCC1=C2SCC(=O)N2CCC1. The number of fused-ring (bicyclic) bond motifs is 1. The van der Waals surface area contributed by atoms with Crippen LogP contribution in [0.4, 0.5) is 0 Å². The van der Waals surface area contributed by atoms with E-state index in [-0.39, 0.29) is 0 Å². The van der Waals surface area contributed by atoms with E-state index in [1.54, 1.807) is 11.8 Å². The number of hydrogen-bond donors (Lipinski definition) is 0. The van der Waals surface area contributed by atoms with E-state index >= 15 is 0 Å². The van der Waals surface area contributed by atoms with Gasteiger partial charge in [-0.2, -0.15) is 0 Å². The van der Waals surface area contributed by atoms with Crippen molar-refractivity contribution in [1.29, 1.82) is 0 Å². The Morgan fingerprint density at radius 1 is 1.53 bits per heavy atom. The van der Waals surface area contributed by atoms with Crippen LogP contribution >= 0.6 is 11.8 Å². The van der Waals surface area contributed by atoms with Gasteiger partial charge >= 0.3 is 0 Å². The molecule has 0 aromatic rings. The van der Waals surface area contributed by atoms with Gasteiger partial charge in [0.25, 0.3) is 0 Å². The van der Waals surface area contributed by atoms with Gasteiger partial charge in [0.05, 0.1) is 10.8 Å². The topological polar surface area (TPSA) is 20.3 Å². The Morgan fingerprint density at radius 3 is 3.20 bits per heavy atom. The van der Waals surface area contributed by atoms with Crippen LogP contribution in [0, 0.1) is 0 Å². The lowest BCUT2D eigenvalue weighted by Gasteiger charge is -2.25. The summed E-state index contributed by atoms with van der Waals surface area (Å²) < 4.78 is 0. The number of allylic oxidation sites excluding steroid dienone is 2. The van der Waals surface area contributed by atoms with Crippen molar-refractivity contribution < 1.29 is 4.79 Å². The summed E-state index contributed by atoms with van der Waals surface area (Å²) in [6, 6.07) is 0. The molecule has 0 aromatic carbocycles. The van der Waals surface area contributed by atoms with Crippen molar-refractivity contribution in [2.24, 2.45) is 0 Å². The number of thioether (sulfide) groups is 1. The summed E-state index contributed by atoms with van der Waals surface area (Å²) in [5.74, 6) is 0.955. The Kier molecular flexibility index (Phi) is 3.52. The number of carbonyl (C=O) groups is 1. The lowest BCUT2D eigenvalue weighted by Crippen LogP contribution is -2.29. The van der Waals surface area contributed by atoms with Crippen LogP contribution in [0.1, 0.15) is 32.1 Å². The predicted octanol–water partition coefficient (Wildman–Crippen LogP) is 2.92. The average molecular weight is 223 g/mol. The zero-order valence-corrected chi connectivity index (χ0v) is 9.81. The number of rotatable bonds is 4. The van der Waals surface area contributed by atoms with E-state index in [9.17, 15) is 4.79 Å². The third kappa shape index (κ3) is 2.28. The second-order valence-electron chi connectivity index (χ2n) is 4.03. The summed E-state index contributed by atoms with van der Waals surface area (Å²) in [6.45, 7) is 4.67. The molecule has 2 aliphatic heterocycles. The minimum atomic E-state index is 0.302. The van der Waals surface area contributed by atoms with E-state index < -0.39 is 0 Å². The van der Waals surface area contributed by atoms with Gasteiger partial charge in [0.2, 0.25) is 5.91 Å². The monoisotopic (exact) mass is 223 g/mol. The van der Waals surface area contributed by atoms with E-state index in [2.05, 4.69) is 6.58 Å². The molecule has 2 rings (SSSR count). The quantitative estimate of drug-likeness (QED) is 0.539. The third-order valence-electron chi connectivity index (χ3n) is 2.93. The maximum absolute atomic E-state index is 11.5. The van der Waals surface area contributed by atoms with Crippen LogP contribution in [0.25, 0.3) is 0 Å². The van der Waals surface area contributed by atoms with Gasteiger partial charge in [0.1, 0.15) is 0 Å². The first-order valence-corrected chi connectivity index (χ1v) is 6.57. The molecule has 3 heteroatoms. The fourth-order valence-corrected chi connectivity index (χ4v) is 3.34. The zero-order valence-electron chi connectivity index (χ0n) is 9.00. The van der Waals surface area contributed by atoms with Crippen molar-refractivity contribution in [3.63, 3.8) is 0 Å². The van der Waals surface area contributed by atoms with Gasteiger partial charge in [-0.05, 0) is 37.7 Å². The van der Waals surface area contributed by atoms with Crippen molar-refractivity contribution in [3.05, 3.63) is 23.3 Å². The summed E-state index contributed by atoms with van der Waals surface area (Å²) >= 11 is 1.73. The first-order valence-electron chi connectivity index (χ1n) is 5.59. The molecule has 15 heavy (non-hydrogen) atoms. The molecule has 2 heterocycles. The molecule has 2 nitrogen and oxygen atoms in total. The Morgan fingerprint density at radius 2 is 2.40 bits per heavy atom. The minimum Gasteiger partial charge on any atom is -0.306 e. The Balaban J connectivity index is 2.04. The number of carbonyl (C=O) groups excluding carboxylic acids is 1. The molecular weight excluding hydrogens is 206 g/mol. The van der Waals surface area contributed by atoms with Crippen LogP contribution in [0.3, 0.4) is 0 Å². The zero-order chi connectivity index (χ0) is 10.7. The molecule has 0 atom stereocenters. The molecule has 0 aliphatic carbocycles. The highest BCUT2D eigenvalue weighted by atomic mass is 32.2. The molecule has 0 aromatic heterocycles. The lowest BCUT2D eigenvalue weighted by molar-refractivity contribution is -0.125. The van der Waals surface area contributed by atoms with Crippen LogP contribution in [0.15, 0.2) is 23.3 Å². The molecule has 2 aliphatic rings. The summed E-state index contributed by atoms with van der Waals surface area (Å²) in [5, 5.41) is 1.27. The van der Waals surface area contributed by atoms with Crippen LogP contribution in [-0.2, 0) is 4.79 Å². The minimum absolute atomic E-state index is 0.302. The largest absolute Gasteiger partial charge is 0.306 e. The molecule has 0 bridgehead atoms. The molecule has 82 valence electrons. The average Bonchev–Trinajstić information content (AvgIpc) is 2.62. The van der Waals surface area contributed by atoms with E-state index in [1.165, 1.54) is 23.4 Å². The molecule has 0 radical (unpaired) electrons. The highest BCUT2D eigenvalue weighted by Gasteiger charge is 2.30. The van der Waals surface area contributed by atoms with E-state index in [0.717, 1.165) is 25.8 Å². The first-order chi connectivity index (χ1) is 7.33. The highest BCUT2D eigenvalue weighted by molar-refractivity contribution is 8.04. The van der Waals surface area contributed by atoms with Crippen molar-refractivity contribution in [3.8, 4) is 0 Å². The van der Waals surface area contributed by atoms with Gasteiger partial charge in [0.15, 0.2) is 0 Å². The predicted molar refractivity (Wildman–Crippen MR) is 64.5 cm³/mol. The fraction of sp³-hybridized carbons (Fsp3) is 0.583. The number of nitrogens with zero attached hydrogens (tertiary/aromatic N) is 1. The second-order valence-corrected chi connectivity index (χ2v) is 4.99. The van der Waals surface area contributed by atoms with Gasteiger partial charge in [-0.25, -0.2) is 0 Å². The van der Waals surface area contributed by atoms with E-state index in [0.29, 0.717) is 11.7 Å². The van der Waals surface area contributed by atoms with Crippen molar-refractivity contribution in [2.75, 3.05) is 12.3 Å². The summed E-state index contributed by atoms with van der Waals surface area (Å²) in [6.07, 6.45) is 7.68. The third-order valence-corrected chi connectivity index (χ3v) is 4.10. The van der Waals surface area contributed by atoms with Crippen LogP contribution in [0.2, 0.25) is 0 Å². The molecule has 0 N–H and O–H groups in total. The molecule has 1 saturated heterocycles. The van der Waals surface area contributed by atoms with Crippen molar-refractivity contribution in [1.82, 2.24) is 4.90 Å². The number of hydrogen-bond acceptors (Lipinski definition) is 2. The second kappa shape index (κ2) is 4.88. The van der Waals surface area contributed by atoms with E-state index in [4.69, 9.17) is 0 Å². The lowest BCUT2D eigenvalue weighted by atomic mass is 10.0. The Labute approximate surface area is 95.4 Å². The molecule has 1 amide bonds. The molecular formula is C12H17NOS. The van der Waals surface area contributed by atoms with Crippen LogP contribution in [0.5, 0.6) is 0 Å². The molecule has 0 unspecified atom stereocenters. The summed E-state index contributed by atoms with van der Waals surface area (Å²) in [4.78, 5) is 13.5. The van der Waals surface area contributed by atoms with Crippen LogP contribution in [-0.4, -0.2) is 23.1 Å². The smallest absolute Gasteiger partial charge is 0.237 e. The number of amides is 1. The Bertz CT molecular complexity index is 309. The van der Waals surface area contributed by atoms with Crippen LogP contribution < -0.4 is 0 Å². The maximum Gasteiger partial charge on any atom is 0.237 e. The van der Waals surface area contributed by atoms with Gasteiger partial charge in [-0.1, -0.05) is 17.8 Å². The van der Waals surface area contributed by atoms with E-state index in [1.807, 2.05) is 11.0 Å². The standard InChI is InChI=1S/C12H17NOS/c1-2-3-4-6-10-7-5-8-13-11(14)9-15-12(10)13/h2H,1,3-9H2. The van der Waals surface area contributed by atoms with Gasteiger partial charge in [-0.15, -0.1) is 6.58 Å². The van der Waals surface area contributed by atoms with Gasteiger partial charge in [0, 0.05) is 6.54 Å². The summed E-state index contributed by atoms with van der Waals surface area (Å²) in [5.41, 5.74) is 1.50. The maximum atomic E-state index is 11.5. The van der Waals surface area contributed by atoms with Crippen molar-refractivity contribution in [2.45, 2.75) is 32.1 Å². The number of unbranched alkanes of at least 4 members (excludes halogenated alkanes) is 1. The molecule has 0 spiro atoms. The van der Waals surface area contributed by atoms with Gasteiger partial charge < -0.3 is 4.90 Å². The summed E-state index contributed by atoms with van der Waals surface area (Å²) in [7, 11) is 0. The molecule has 0 saturated carbocycles.